The molecule has 0 saturated carbocycles. The Kier molecular flexibility index (Phi) is 7.06. The second kappa shape index (κ2) is 10.3. The van der Waals surface area contributed by atoms with Crippen LogP contribution in [0.15, 0.2) is 65.1 Å². The first-order valence-electron chi connectivity index (χ1n) is 10.1. The molecule has 2 amide bonds. The summed E-state index contributed by atoms with van der Waals surface area (Å²) >= 11 is 2.65. The highest BCUT2D eigenvalue weighted by atomic mass is 32.2. The summed E-state index contributed by atoms with van der Waals surface area (Å²) in [7, 11) is 0. The van der Waals surface area contributed by atoms with Gasteiger partial charge in [0.05, 0.1) is 29.0 Å². The van der Waals surface area contributed by atoms with Crippen LogP contribution < -0.4 is 21.1 Å². The van der Waals surface area contributed by atoms with Gasteiger partial charge in [0.2, 0.25) is 5.91 Å². The lowest BCUT2D eigenvalue weighted by molar-refractivity contribution is -0.113. The van der Waals surface area contributed by atoms with E-state index >= 15 is 0 Å². The minimum atomic E-state index is -0.332. The van der Waals surface area contributed by atoms with Gasteiger partial charge in [-0.1, -0.05) is 23.9 Å². The number of aromatic nitrogens is 2. The third-order valence-electron chi connectivity index (χ3n) is 4.54. The van der Waals surface area contributed by atoms with Crippen molar-refractivity contribution in [2.45, 2.75) is 12.1 Å². The summed E-state index contributed by atoms with van der Waals surface area (Å²) in [6.45, 7) is 2.48. The van der Waals surface area contributed by atoms with E-state index < -0.39 is 0 Å². The smallest absolute Gasteiger partial charge is 0.257 e. The number of fused-ring (bicyclic) bond motifs is 1. The summed E-state index contributed by atoms with van der Waals surface area (Å²) in [5, 5.41) is 8.76. The lowest BCUT2D eigenvalue weighted by Gasteiger charge is -2.12. The number of amides is 2. The zero-order valence-corrected chi connectivity index (χ0v) is 19.3. The number of nitrogens with zero attached hydrogens (tertiary/aromatic N) is 2. The number of carbonyl (C=O) groups is 2. The van der Waals surface area contributed by atoms with Crippen molar-refractivity contribution < 1.29 is 14.3 Å². The van der Waals surface area contributed by atoms with Crippen LogP contribution in [0.5, 0.6) is 5.75 Å². The number of anilines is 3. The van der Waals surface area contributed by atoms with Crippen LogP contribution in [0.1, 0.15) is 17.3 Å². The van der Waals surface area contributed by atoms with Gasteiger partial charge < -0.3 is 21.1 Å². The fourth-order valence-electron chi connectivity index (χ4n) is 3.03. The molecule has 0 unspecified atom stereocenters. The highest BCUT2D eigenvalue weighted by Gasteiger charge is 2.15. The number of thiophene rings is 1. The van der Waals surface area contributed by atoms with Gasteiger partial charge in [0, 0.05) is 5.69 Å². The van der Waals surface area contributed by atoms with E-state index in [-0.39, 0.29) is 17.6 Å². The van der Waals surface area contributed by atoms with Gasteiger partial charge in [-0.25, -0.2) is 9.97 Å². The number of thioether (sulfide) groups is 1. The van der Waals surface area contributed by atoms with Crippen molar-refractivity contribution in [3.8, 4) is 5.75 Å². The van der Waals surface area contributed by atoms with Crippen molar-refractivity contribution in [3.63, 3.8) is 0 Å². The lowest BCUT2D eigenvalue weighted by Crippen LogP contribution is -2.19. The minimum absolute atomic E-state index is 0.0746. The number of hydrogen-bond acceptors (Lipinski definition) is 8. The van der Waals surface area contributed by atoms with Crippen LogP contribution in [0.2, 0.25) is 0 Å². The van der Waals surface area contributed by atoms with Gasteiger partial charge in [0.1, 0.15) is 16.4 Å². The molecule has 4 rings (SSSR count). The predicted molar refractivity (Wildman–Crippen MR) is 133 cm³/mol. The van der Waals surface area contributed by atoms with E-state index in [1.807, 2.05) is 18.4 Å². The van der Waals surface area contributed by atoms with Crippen LogP contribution in [-0.2, 0) is 4.79 Å². The van der Waals surface area contributed by atoms with E-state index in [9.17, 15) is 9.59 Å². The van der Waals surface area contributed by atoms with Crippen molar-refractivity contribution in [2.24, 2.45) is 0 Å². The highest BCUT2D eigenvalue weighted by Crippen LogP contribution is 2.26. The fraction of sp³-hybridized carbons (Fsp3) is 0.130. The summed E-state index contributed by atoms with van der Waals surface area (Å²) in [5.41, 5.74) is 7.35. The minimum Gasteiger partial charge on any atom is -0.494 e. The first-order valence-corrected chi connectivity index (χ1v) is 12.0. The third-order valence-corrected chi connectivity index (χ3v) is 6.19. The SMILES string of the molecule is CCOc1ccc(NC(=O)c2ccccc2NC(=O)CSc2nc(N)c3ccsc3n2)cc1. The molecule has 0 spiro atoms. The standard InChI is InChI=1S/C23H21N5O3S2/c1-2-31-15-9-7-14(8-10-15)25-21(30)16-5-3-4-6-18(16)26-19(29)13-33-23-27-20(24)17-11-12-32-22(17)28-23/h3-12H,2,13H2,1H3,(H,25,30)(H,26,29)(H2,24,27,28). The Morgan fingerprint density at radius 3 is 2.64 bits per heavy atom. The molecule has 0 atom stereocenters. The maximum Gasteiger partial charge on any atom is 0.257 e. The van der Waals surface area contributed by atoms with Crippen LogP contribution in [0, 0.1) is 0 Å². The van der Waals surface area contributed by atoms with E-state index in [0.717, 1.165) is 16.0 Å². The number of para-hydroxylation sites is 1. The zero-order chi connectivity index (χ0) is 23.2. The van der Waals surface area contributed by atoms with E-state index in [1.54, 1.807) is 48.5 Å². The summed E-state index contributed by atoms with van der Waals surface area (Å²) < 4.78 is 5.41. The van der Waals surface area contributed by atoms with Crippen molar-refractivity contribution in [1.82, 2.24) is 9.97 Å². The molecule has 4 aromatic rings. The van der Waals surface area contributed by atoms with Crippen molar-refractivity contribution in [1.29, 1.82) is 0 Å². The number of ether oxygens (including phenoxy) is 1. The van der Waals surface area contributed by atoms with E-state index in [2.05, 4.69) is 20.6 Å². The van der Waals surface area contributed by atoms with Gasteiger partial charge in [-0.2, -0.15) is 0 Å². The summed E-state index contributed by atoms with van der Waals surface area (Å²) in [4.78, 5) is 34.8. The predicted octanol–water partition coefficient (Wildman–Crippen LogP) is 4.66. The molecule has 2 aromatic carbocycles. The molecule has 0 saturated heterocycles. The summed E-state index contributed by atoms with van der Waals surface area (Å²) in [6.07, 6.45) is 0. The molecule has 0 aliphatic carbocycles. The topological polar surface area (TPSA) is 119 Å². The molecule has 4 N–H and O–H groups in total. The van der Waals surface area contributed by atoms with Gasteiger partial charge in [-0.05, 0) is 54.8 Å². The quantitative estimate of drug-likeness (QED) is 0.248. The van der Waals surface area contributed by atoms with Crippen LogP contribution in [-0.4, -0.2) is 34.1 Å². The Balaban J connectivity index is 1.39. The molecule has 0 aliphatic heterocycles. The normalized spacial score (nSPS) is 10.7. The average Bonchev–Trinajstić information content (AvgIpc) is 3.29. The van der Waals surface area contributed by atoms with Gasteiger partial charge in [-0.3, -0.25) is 9.59 Å². The highest BCUT2D eigenvalue weighted by molar-refractivity contribution is 7.99. The Hall–Kier alpha value is -3.63. The number of nitrogens with one attached hydrogen (secondary N) is 2. The molecule has 10 heteroatoms. The summed E-state index contributed by atoms with van der Waals surface area (Å²) in [6, 6.07) is 15.8. The number of rotatable bonds is 8. The van der Waals surface area contributed by atoms with Gasteiger partial charge in [0.25, 0.3) is 5.91 Å². The van der Waals surface area contributed by atoms with Crippen LogP contribution in [0.25, 0.3) is 10.2 Å². The number of nitrogens with two attached hydrogens (primary N) is 1. The molecule has 0 bridgehead atoms. The number of hydrogen-bond donors (Lipinski definition) is 3. The molecule has 33 heavy (non-hydrogen) atoms. The van der Waals surface area contributed by atoms with Crippen LogP contribution >= 0.6 is 23.1 Å². The first-order chi connectivity index (χ1) is 16.0. The Bertz CT molecular complexity index is 1290. The molecular formula is C23H21N5O3S2. The third kappa shape index (κ3) is 5.60. The first kappa shape index (κ1) is 22.6. The van der Waals surface area contributed by atoms with E-state index in [1.165, 1.54) is 23.1 Å². The molecule has 2 aromatic heterocycles. The molecular weight excluding hydrogens is 458 g/mol. The largest absolute Gasteiger partial charge is 0.494 e. The maximum absolute atomic E-state index is 12.8. The zero-order valence-electron chi connectivity index (χ0n) is 17.7. The van der Waals surface area contributed by atoms with Crippen molar-refractivity contribution in [2.75, 3.05) is 28.7 Å². The van der Waals surface area contributed by atoms with Crippen molar-refractivity contribution in [3.05, 3.63) is 65.5 Å². The second-order valence-corrected chi connectivity index (χ2v) is 8.66. The summed E-state index contributed by atoms with van der Waals surface area (Å²) in [5.74, 6) is 0.576. The van der Waals surface area contributed by atoms with Crippen molar-refractivity contribution >= 4 is 62.3 Å². The number of carbonyl (C=O) groups excluding carboxylic acids is 2. The molecule has 0 aliphatic rings. The maximum atomic E-state index is 12.8. The molecule has 2 heterocycles. The Morgan fingerprint density at radius 1 is 1.06 bits per heavy atom. The number of benzene rings is 2. The van der Waals surface area contributed by atoms with Gasteiger partial charge in [0.15, 0.2) is 5.16 Å². The van der Waals surface area contributed by atoms with Gasteiger partial charge in [-0.15, -0.1) is 11.3 Å². The van der Waals surface area contributed by atoms with Crippen LogP contribution in [0.3, 0.4) is 0 Å². The lowest BCUT2D eigenvalue weighted by atomic mass is 10.1. The second-order valence-electron chi connectivity index (χ2n) is 6.82. The molecule has 0 radical (unpaired) electrons. The molecule has 0 fully saturated rings. The van der Waals surface area contributed by atoms with Gasteiger partial charge >= 0.3 is 0 Å². The Morgan fingerprint density at radius 2 is 1.85 bits per heavy atom. The molecule has 168 valence electrons. The Labute approximate surface area is 198 Å². The van der Waals surface area contributed by atoms with Crippen LogP contribution in [0.4, 0.5) is 17.2 Å². The van der Waals surface area contributed by atoms with E-state index in [0.29, 0.717) is 34.5 Å². The fourth-order valence-corrected chi connectivity index (χ4v) is 4.51. The average molecular weight is 480 g/mol. The monoisotopic (exact) mass is 479 g/mol. The molecule has 8 nitrogen and oxygen atoms in total. The van der Waals surface area contributed by atoms with E-state index in [4.69, 9.17) is 10.5 Å². The number of nitrogen functional groups attached to an aromatic ring is 1.